The summed E-state index contributed by atoms with van der Waals surface area (Å²) in [7, 11) is 1.57. The van der Waals surface area contributed by atoms with E-state index in [1.165, 1.54) is 0 Å². The summed E-state index contributed by atoms with van der Waals surface area (Å²) in [6.07, 6.45) is -3.35. The molecule has 1 aromatic heterocycles. The molecule has 1 unspecified atom stereocenters. The average molecular weight is 259 g/mol. The number of nitrogens with zero attached hydrogens (tertiary/aromatic N) is 2. The quantitative estimate of drug-likeness (QED) is 0.885. The lowest BCUT2D eigenvalue weighted by Gasteiger charge is -2.19. The number of anilines is 2. The summed E-state index contributed by atoms with van der Waals surface area (Å²) in [6, 6.07) is 2.15. The Balaban J connectivity index is 2.35. The van der Waals surface area contributed by atoms with Gasteiger partial charge in [-0.25, -0.2) is 4.98 Å². The van der Waals surface area contributed by atoms with E-state index in [1.54, 1.807) is 7.05 Å². The molecule has 0 radical (unpaired) electrons. The third-order valence-corrected chi connectivity index (χ3v) is 3.14. The van der Waals surface area contributed by atoms with E-state index in [2.05, 4.69) is 17.2 Å². The van der Waals surface area contributed by atoms with E-state index in [-0.39, 0.29) is 5.82 Å². The molecule has 0 bridgehead atoms. The van der Waals surface area contributed by atoms with E-state index in [4.69, 9.17) is 0 Å². The molecule has 2 rings (SSSR count). The maximum Gasteiger partial charge on any atom is 0.416 e. The highest BCUT2D eigenvalue weighted by Crippen LogP contribution is 2.33. The first-order valence-corrected chi connectivity index (χ1v) is 5.92. The molecule has 0 spiro atoms. The molecule has 18 heavy (non-hydrogen) atoms. The van der Waals surface area contributed by atoms with Crippen molar-refractivity contribution in [1.29, 1.82) is 0 Å². The molecule has 1 atom stereocenters. The Morgan fingerprint density at radius 3 is 2.61 bits per heavy atom. The molecule has 1 saturated heterocycles. The number of hydrogen-bond donors (Lipinski definition) is 1. The van der Waals surface area contributed by atoms with Crippen molar-refractivity contribution in [3.63, 3.8) is 0 Å². The number of nitrogens with one attached hydrogen (secondary N) is 1. The topological polar surface area (TPSA) is 28.2 Å². The standard InChI is InChI=1S/C12H16F3N3/c1-8-3-4-18(7-8)11-6-9(12(13,14)15)5-10(16-2)17-11/h5-6,8H,3-4,7H2,1-2H3,(H,16,17). The van der Waals surface area contributed by atoms with E-state index in [9.17, 15) is 13.2 Å². The van der Waals surface area contributed by atoms with Crippen molar-refractivity contribution in [2.45, 2.75) is 19.5 Å². The van der Waals surface area contributed by atoms with Crippen LogP contribution in [0.4, 0.5) is 24.8 Å². The normalized spacial score (nSPS) is 20.3. The van der Waals surface area contributed by atoms with Gasteiger partial charge in [0.1, 0.15) is 11.6 Å². The minimum atomic E-state index is -4.34. The highest BCUT2D eigenvalue weighted by Gasteiger charge is 2.32. The lowest BCUT2D eigenvalue weighted by atomic mass is 10.2. The lowest BCUT2D eigenvalue weighted by Crippen LogP contribution is -2.21. The minimum absolute atomic E-state index is 0.249. The van der Waals surface area contributed by atoms with Gasteiger partial charge in [-0.3, -0.25) is 0 Å². The van der Waals surface area contributed by atoms with Crippen molar-refractivity contribution in [3.8, 4) is 0 Å². The Bertz CT molecular complexity index is 431. The maximum atomic E-state index is 12.8. The van der Waals surface area contributed by atoms with Crippen LogP contribution in [-0.4, -0.2) is 25.1 Å². The van der Waals surface area contributed by atoms with Gasteiger partial charge in [0.25, 0.3) is 0 Å². The summed E-state index contributed by atoms with van der Waals surface area (Å²) in [4.78, 5) is 6.10. The van der Waals surface area contributed by atoms with Gasteiger partial charge in [-0.1, -0.05) is 6.92 Å². The van der Waals surface area contributed by atoms with Crippen LogP contribution in [0.3, 0.4) is 0 Å². The molecule has 6 heteroatoms. The highest BCUT2D eigenvalue weighted by molar-refractivity contribution is 5.51. The van der Waals surface area contributed by atoms with Crippen LogP contribution in [0, 0.1) is 5.92 Å². The fourth-order valence-electron chi connectivity index (χ4n) is 2.11. The van der Waals surface area contributed by atoms with E-state index in [0.717, 1.165) is 31.6 Å². The highest BCUT2D eigenvalue weighted by atomic mass is 19.4. The van der Waals surface area contributed by atoms with Gasteiger partial charge in [-0.2, -0.15) is 13.2 Å². The third-order valence-electron chi connectivity index (χ3n) is 3.14. The third kappa shape index (κ3) is 2.68. The number of alkyl halides is 3. The first-order valence-electron chi connectivity index (χ1n) is 5.92. The van der Waals surface area contributed by atoms with Crippen LogP contribution in [0.15, 0.2) is 12.1 Å². The van der Waals surface area contributed by atoms with Crippen LogP contribution in [0.1, 0.15) is 18.9 Å². The van der Waals surface area contributed by atoms with Crippen LogP contribution in [-0.2, 0) is 6.18 Å². The molecule has 0 aliphatic carbocycles. The van der Waals surface area contributed by atoms with Gasteiger partial charge in [-0.15, -0.1) is 0 Å². The molecule has 0 aromatic carbocycles. The molecule has 100 valence electrons. The SMILES string of the molecule is CNc1cc(C(F)(F)F)cc(N2CCC(C)C2)n1. The van der Waals surface area contributed by atoms with E-state index >= 15 is 0 Å². The maximum absolute atomic E-state index is 12.8. The predicted molar refractivity (Wildman–Crippen MR) is 64.8 cm³/mol. The zero-order valence-electron chi connectivity index (χ0n) is 10.4. The molecule has 0 saturated carbocycles. The van der Waals surface area contributed by atoms with Crippen LogP contribution in [0.25, 0.3) is 0 Å². The summed E-state index contributed by atoms with van der Waals surface area (Å²) in [5, 5.41) is 2.68. The lowest BCUT2D eigenvalue weighted by molar-refractivity contribution is -0.137. The number of rotatable bonds is 2. The summed E-state index contributed by atoms with van der Waals surface area (Å²) < 4.78 is 38.3. The van der Waals surface area contributed by atoms with Gasteiger partial charge >= 0.3 is 6.18 Å². The second-order valence-corrected chi connectivity index (χ2v) is 4.69. The smallest absolute Gasteiger partial charge is 0.373 e. The number of halogens is 3. The molecule has 1 aliphatic heterocycles. The van der Waals surface area contributed by atoms with Gasteiger partial charge in [0.2, 0.25) is 0 Å². The average Bonchev–Trinajstić information content (AvgIpc) is 2.74. The van der Waals surface area contributed by atoms with Crippen LogP contribution >= 0.6 is 0 Å². The van der Waals surface area contributed by atoms with Crippen LogP contribution < -0.4 is 10.2 Å². The van der Waals surface area contributed by atoms with E-state index in [0.29, 0.717) is 11.7 Å². The van der Waals surface area contributed by atoms with Crippen molar-refractivity contribution in [3.05, 3.63) is 17.7 Å². The van der Waals surface area contributed by atoms with Gasteiger partial charge in [0.15, 0.2) is 0 Å². The van der Waals surface area contributed by atoms with Crippen molar-refractivity contribution in [1.82, 2.24) is 4.98 Å². The fraction of sp³-hybridized carbons (Fsp3) is 0.583. The van der Waals surface area contributed by atoms with Crippen molar-refractivity contribution in [2.75, 3.05) is 30.4 Å². The van der Waals surface area contributed by atoms with Gasteiger partial charge in [0.05, 0.1) is 5.56 Å². The summed E-state index contributed by atoms with van der Waals surface area (Å²) in [5.74, 6) is 1.15. The molecule has 1 fully saturated rings. The van der Waals surface area contributed by atoms with Crippen molar-refractivity contribution >= 4 is 11.6 Å². The predicted octanol–water partition coefficient (Wildman–Crippen LogP) is 2.99. The summed E-state index contributed by atoms with van der Waals surface area (Å²) >= 11 is 0. The molecular weight excluding hydrogens is 243 g/mol. The molecule has 1 aromatic rings. The summed E-state index contributed by atoms with van der Waals surface area (Å²) in [5.41, 5.74) is -0.656. The zero-order valence-corrected chi connectivity index (χ0v) is 10.4. The van der Waals surface area contributed by atoms with Gasteiger partial charge in [0, 0.05) is 20.1 Å². The Kier molecular flexibility index (Phi) is 3.36. The van der Waals surface area contributed by atoms with Gasteiger partial charge < -0.3 is 10.2 Å². The Labute approximate surface area is 104 Å². The van der Waals surface area contributed by atoms with Crippen LogP contribution in [0.2, 0.25) is 0 Å². The van der Waals surface area contributed by atoms with E-state index < -0.39 is 11.7 Å². The Morgan fingerprint density at radius 2 is 2.11 bits per heavy atom. The van der Waals surface area contributed by atoms with Crippen LogP contribution in [0.5, 0.6) is 0 Å². The first-order chi connectivity index (χ1) is 8.40. The Morgan fingerprint density at radius 1 is 1.39 bits per heavy atom. The second-order valence-electron chi connectivity index (χ2n) is 4.69. The van der Waals surface area contributed by atoms with Crippen molar-refractivity contribution < 1.29 is 13.2 Å². The van der Waals surface area contributed by atoms with E-state index in [1.807, 2.05) is 4.90 Å². The number of aromatic nitrogens is 1. The molecule has 1 aliphatic rings. The van der Waals surface area contributed by atoms with Crippen molar-refractivity contribution in [2.24, 2.45) is 5.92 Å². The first kappa shape index (κ1) is 13.0. The van der Waals surface area contributed by atoms with Gasteiger partial charge in [-0.05, 0) is 24.5 Å². The molecule has 0 amide bonds. The zero-order chi connectivity index (χ0) is 13.3. The second kappa shape index (κ2) is 4.66. The molecular formula is C12H16F3N3. The Hall–Kier alpha value is -1.46. The molecule has 1 N–H and O–H groups in total. The largest absolute Gasteiger partial charge is 0.416 e. The summed E-state index contributed by atoms with van der Waals surface area (Å²) in [6.45, 7) is 3.61. The minimum Gasteiger partial charge on any atom is -0.373 e. The molecule has 2 heterocycles. The molecule has 3 nitrogen and oxygen atoms in total. The number of pyridine rings is 1. The fourth-order valence-corrected chi connectivity index (χ4v) is 2.11. The number of hydrogen-bond acceptors (Lipinski definition) is 3. The monoisotopic (exact) mass is 259 g/mol.